The van der Waals surface area contributed by atoms with E-state index in [-0.39, 0.29) is 16.7 Å². The molecule has 1 aliphatic rings. The summed E-state index contributed by atoms with van der Waals surface area (Å²) in [5.41, 5.74) is 6.45. The molecule has 1 amide bonds. The molecule has 1 aromatic rings. The van der Waals surface area contributed by atoms with Crippen molar-refractivity contribution >= 4 is 15.9 Å². The van der Waals surface area contributed by atoms with Gasteiger partial charge >= 0.3 is 0 Å². The van der Waals surface area contributed by atoms with E-state index in [0.717, 1.165) is 24.8 Å². The summed E-state index contributed by atoms with van der Waals surface area (Å²) in [5, 5.41) is 0. The van der Waals surface area contributed by atoms with Gasteiger partial charge in [-0.15, -0.1) is 0 Å². The SMILES string of the molecule is CCN(CCN(C)C)S(=O)(=O)c1ccc(C(CC2CCCC2)C(N)=O)cc1. The number of benzene rings is 1. The van der Waals surface area contributed by atoms with E-state index in [9.17, 15) is 13.2 Å². The van der Waals surface area contributed by atoms with Gasteiger partial charge in [-0.1, -0.05) is 44.7 Å². The van der Waals surface area contributed by atoms with Crippen molar-refractivity contribution in [3.63, 3.8) is 0 Å². The number of likely N-dealkylation sites (N-methyl/N-ethyl adjacent to an activating group) is 2. The first-order valence-corrected chi connectivity index (χ1v) is 11.2. The number of carbonyl (C=O) groups is 1. The minimum Gasteiger partial charge on any atom is -0.369 e. The molecule has 1 aliphatic carbocycles. The van der Waals surface area contributed by atoms with E-state index >= 15 is 0 Å². The van der Waals surface area contributed by atoms with Crippen molar-refractivity contribution in [1.82, 2.24) is 9.21 Å². The lowest BCUT2D eigenvalue weighted by molar-refractivity contribution is -0.119. The van der Waals surface area contributed by atoms with Crippen LogP contribution < -0.4 is 5.73 Å². The summed E-state index contributed by atoms with van der Waals surface area (Å²) in [6, 6.07) is 6.70. The second-order valence-electron chi connectivity index (χ2n) is 7.71. The molecule has 6 nitrogen and oxygen atoms in total. The Bertz CT molecular complexity index is 710. The van der Waals surface area contributed by atoms with Crippen LogP contribution in [0.4, 0.5) is 0 Å². The van der Waals surface area contributed by atoms with E-state index < -0.39 is 10.0 Å². The Labute approximate surface area is 163 Å². The number of carbonyl (C=O) groups excluding carboxylic acids is 1. The van der Waals surface area contributed by atoms with Gasteiger partial charge in [0.15, 0.2) is 0 Å². The van der Waals surface area contributed by atoms with Crippen molar-refractivity contribution < 1.29 is 13.2 Å². The van der Waals surface area contributed by atoms with E-state index in [2.05, 4.69) is 0 Å². The Kier molecular flexibility index (Phi) is 7.82. The lowest BCUT2D eigenvalue weighted by Gasteiger charge is -2.23. The molecule has 0 saturated heterocycles. The van der Waals surface area contributed by atoms with E-state index in [1.807, 2.05) is 25.9 Å². The lowest BCUT2D eigenvalue weighted by atomic mass is 9.87. The number of hydrogen-bond acceptors (Lipinski definition) is 4. The Morgan fingerprint density at radius 2 is 1.74 bits per heavy atom. The van der Waals surface area contributed by atoms with Crippen LogP contribution in [0.1, 0.15) is 50.5 Å². The van der Waals surface area contributed by atoms with Crippen molar-refractivity contribution in [2.24, 2.45) is 11.7 Å². The van der Waals surface area contributed by atoms with E-state index in [1.54, 1.807) is 24.3 Å². The van der Waals surface area contributed by atoms with Gasteiger partial charge < -0.3 is 10.6 Å². The molecule has 1 unspecified atom stereocenters. The Hall–Kier alpha value is -1.44. The standard InChI is InChI=1S/C20H33N3O3S/c1-4-23(14-13-22(2)3)27(25,26)18-11-9-17(10-12-18)19(20(21)24)15-16-7-5-6-8-16/h9-12,16,19H,4-8,13-15H2,1-3H3,(H2,21,24). The highest BCUT2D eigenvalue weighted by atomic mass is 32.2. The molecule has 1 fully saturated rings. The third kappa shape index (κ3) is 5.77. The fraction of sp³-hybridized carbons (Fsp3) is 0.650. The Morgan fingerprint density at radius 1 is 1.15 bits per heavy atom. The fourth-order valence-electron chi connectivity index (χ4n) is 3.78. The molecule has 0 aromatic heterocycles. The molecule has 2 rings (SSSR count). The number of nitrogens with two attached hydrogens (primary N) is 1. The Morgan fingerprint density at radius 3 is 2.22 bits per heavy atom. The lowest BCUT2D eigenvalue weighted by Crippen LogP contribution is -2.36. The monoisotopic (exact) mass is 395 g/mol. The smallest absolute Gasteiger partial charge is 0.243 e. The third-order valence-corrected chi connectivity index (χ3v) is 7.45. The number of hydrogen-bond donors (Lipinski definition) is 1. The van der Waals surface area contributed by atoms with Crippen molar-refractivity contribution in [1.29, 1.82) is 0 Å². The quantitative estimate of drug-likeness (QED) is 0.659. The molecule has 2 N–H and O–H groups in total. The highest BCUT2D eigenvalue weighted by molar-refractivity contribution is 7.89. The zero-order chi connectivity index (χ0) is 20.0. The summed E-state index contributed by atoms with van der Waals surface area (Å²) in [5.74, 6) is -0.146. The van der Waals surface area contributed by atoms with Gasteiger partial charge in [0, 0.05) is 19.6 Å². The average molecular weight is 396 g/mol. The minimum atomic E-state index is -3.54. The van der Waals surface area contributed by atoms with Gasteiger partial charge in [0.2, 0.25) is 15.9 Å². The summed E-state index contributed by atoms with van der Waals surface area (Å²) in [4.78, 5) is 14.2. The number of amides is 1. The van der Waals surface area contributed by atoms with Gasteiger partial charge in [-0.2, -0.15) is 4.31 Å². The summed E-state index contributed by atoms with van der Waals surface area (Å²) < 4.78 is 27.2. The maximum atomic E-state index is 12.9. The highest BCUT2D eigenvalue weighted by Gasteiger charge is 2.27. The molecule has 0 radical (unpaired) electrons. The van der Waals surface area contributed by atoms with Crippen molar-refractivity contribution in [3.05, 3.63) is 29.8 Å². The maximum Gasteiger partial charge on any atom is 0.243 e. The van der Waals surface area contributed by atoms with E-state index in [4.69, 9.17) is 5.73 Å². The topological polar surface area (TPSA) is 83.7 Å². The van der Waals surface area contributed by atoms with Crippen LogP contribution in [0.3, 0.4) is 0 Å². The van der Waals surface area contributed by atoms with Gasteiger partial charge in [0.05, 0.1) is 10.8 Å². The van der Waals surface area contributed by atoms with Crippen LogP contribution >= 0.6 is 0 Å². The second-order valence-corrected chi connectivity index (χ2v) is 9.65. The first kappa shape index (κ1) is 21.9. The minimum absolute atomic E-state index is 0.260. The van der Waals surface area contributed by atoms with Gasteiger partial charge in [-0.05, 0) is 44.1 Å². The van der Waals surface area contributed by atoms with Crippen LogP contribution in [0, 0.1) is 5.92 Å². The van der Waals surface area contributed by atoms with E-state index in [1.165, 1.54) is 17.1 Å². The van der Waals surface area contributed by atoms with Crippen LogP contribution in [-0.4, -0.2) is 57.3 Å². The molecule has 1 atom stereocenters. The van der Waals surface area contributed by atoms with Gasteiger partial charge in [0.25, 0.3) is 0 Å². The van der Waals surface area contributed by atoms with Crippen LogP contribution in [0.15, 0.2) is 29.2 Å². The normalized spacial score (nSPS) is 16.9. The highest BCUT2D eigenvalue weighted by Crippen LogP contribution is 2.34. The molecule has 0 heterocycles. The predicted molar refractivity (Wildman–Crippen MR) is 108 cm³/mol. The molecule has 0 aliphatic heterocycles. The van der Waals surface area contributed by atoms with Crippen molar-refractivity contribution in [2.75, 3.05) is 33.7 Å². The number of rotatable bonds is 10. The summed E-state index contributed by atoms with van der Waals surface area (Å²) >= 11 is 0. The molecule has 0 bridgehead atoms. The third-order valence-electron chi connectivity index (χ3n) is 5.46. The van der Waals surface area contributed by atoms with Gasteiger partial charge in [-0.3, -0.25) is 4.79 Å². The van der Waals surface area contributed by atoms with Gasteiger partial charge in [0.1, 0.15) is 0 Å². The summed E-state index contributed by atoms with van der Waals surface area (Å²) in [6.07, 6.45) is 5.48. The van der Waals surface area contributed by atoms with Crippen LogP contribution in [-0.2, 0) is 14.8 Å². The molecule has 152 valence electrons. The van der Waals surface area contributed by atoms with Crippen molar-refractivity contribution in [2.45, 2.75) is 49.8 Å². The molecule has 27 heavy (non-hydrogen) atoms. The van der Waals surface area contributed by atoms with Crippen LogP contribution in [0.5, 0.6) is 0 Å². The number of sulfonamides is 1. The second kappa shape index (κ2) is 9.66. The van der Waals surface area contributed by atoms with Crippen LogP contribution in [0.2, 0.25) is 0 Å². The molecule has 1 saturated carbocycles. The largest absolute Gasteiger partial charge is 0.369 e. The summed E-state index contributed by atoms with van der Waals surface area (Å²) in [6.45, 7) is 3.37. The fourth-order valence-corrected chi connectivity index (χ4v) is 5.22. The number of nitrogens with zero attached hydrogens (tertiary/aromatic N) is 2. The number of primary amides is 1. The maximum absolute atomic E-state index is 12.9. The zero-order valence-corrected chi connectivity index (χ0v) is 17.5. The molecule has 7 heteroatoms. The first-order chi connectivity index (χ1) is 12.8. The molecular weight excluding hydrogens is 362 g/mol. The molecule has 1 aromatic carbocycles. The molecular formula is C20H33N3O3S. The van der Waals surface area contributed by atoms with E-state index in [0.29, 0.717) is 25.6 Å². The average Bonchev–Trinajstić information content (AvgIpc) is 3.13. The molecule has 0 spiro atoms. The first-order valence-electron chi connectivity index (χ1n) is 9.79. The van der Waals surface area contributed by atoms with Crippen LogP contribution in [0.25, 0.3) is 0 Å². The predicted octanol–water partition coefficient (Wildman–Crippen LogP) is 2.41. The van der Waals surface area contributed by atoms with Crippen molar-refractivity contribution in [3.8, 4) is 0 Å². The van der Waals surface area contributed by atoms with Gasteiger partial charge in [-0.25, -0.2) is 8.42 Å². The Balaban J connectivity index is 2.16. The zero-order valence-electron chi connectivity index (χ0n) is 16.7. The summed E-state index contributed by atoms with van der Waals surface area (Å²) in [7, 11) is 0.299.